The van der Waals surface area contributed by atoms with Gasteiger partial charge in [-0.2, -0.15) is 0 Å². The maximum absolute atomic E-state index is 9.48. The van der Waals surface area contributed by atoms with Crippen molar-refractivity contribution in [1.82, 2.24) is 0 Å². The van der Waals surface area contributed by atoms with E-state index in [2.05, 4.69) is 0 Å². The highest BCUT2D eigenvalue weighted by atomic mass is 16.5. The van der Waals surface area contributed by atoms with E-state index in [1.807, 2.05) is 32.1 Å². The van der Waals surface area contributed by atoms with Crippen LogP contribution < -0.4 is 9.47 Å². The van der Waals surface area contributed by atoms with Crippen LogP contribution in [0.3, 0.4) is 0 Å². The number of aliphatic hydroxyl groups excluding tert-OH is 1. The minimum absolute atomic E-state index is 0.504. The summed E-state index contributed by atoms with van der Waals surface area (Å²) in [7, 11) is 1.59. The van der Waals surface area contributed by atoms with E-state index < -0.39 is 6.10 Å². The fourth-order valence-electron chi connectivity index (χ4n) is 1.36. The van der Waals surface area contributed by atoms with Crippen LogP contribution in [0.25, 0.3) is 0 Å². The average Bonchev–Trinajstić information content (AvgIpc) is 2.28. The Hall–Kier alpha value is -1.48. The Morgan fingerprint density at radius 2 is 2.06 bits per heavy atom. The largest absolute Gasteiger partial charge is 0.493 e. The monoisotopic (exact) mass is 236 g/mol. The first kappa shape index (κ1) is 13.6. The summed E-state index contributed by atoms with van der Waals surface area (Å²) < 4.78 is 10.8. The molecule has 1 rings (SSSR count). The van der Waals surface area contributed by atoms with Crippen LogP contribution in [0.1, 0.15) is 32.4 Å². The number of allylic oxidation sites excluding steroid dienone is 1. The molecule has 3 nitrogen and oxygen atoms in total. The van der Waals surface area contributed by atoms with E-state index in [0.29, 0.717) is 18.1 Å². The molecule has 0 fully saturated rings. The standard InChI is InChI=1S/C14H20O3/c1-10(2)7-8-17-13-6-5-12(11(3)15)9-14(13)16-4/h5-7,9,11,15H,8H2,1-4H3/t11-/m0/s1. The number of ether oxygens (including phenoxy) is 2. The number of rotatable bonds is 5. The van der Waals surface area contributed by atoms with Crippen LogP contribution in [0.15, 0.2) is 29.8 Å². The lowest BCUT2D eigenvalue weighted by Gasteiger charge is -2.12. The SMILES string of the molecule is COc1cc([C@H](C)O)ccc1OCC=C(C)C. The highest BCUT2D eigenvalue weighted by molar-refractivity contribution is 5.43. The lowest BCUT2D eigenvalue weighted by Crippen LogP contribution is -1.99. The zero-order valence-electron chi connectivity index (χ0n) is 10.9. The van der Waals surface area contributed by atoms with E-state index in [-0.39, 0.29) is 0 Å². The summed E-state index contributed by atoms with van der Waals surface area (Å²) in [5.74, 6) is 1.33. The van der Waals surface area contributed by atoms with Gasteiger partial charge in [0.15, 0.2) is 11.5 Å². The molecule has 0 spiro atoms. The first-order valence-electron chi connectivity index (χ1n) is 5.66. The third kappa shape index (κ3) is 4.11. The van der Waals surface area contributed by atoms with E-state index in [0.717, 1.165) is 5.56 Å². The maximum Gasteiger partial charge on any atom is 0.161 e. The van der Waals surface area contributed by atoms with Gasteiger partial charge in [0.25, 0.3) is 0 Å². The van der Waals surface area contributed by atoms with E-state index in [4.69, 9.17) is 9.47 Å². The number of methoxy groups -OCH3 is 1. The van der Waals surface area contributed by atoms with Gasteiger partial charge in [0.2, 0.25) is 0 Å². The van der Waals surface area contributed by atoms with Crippen molar-refractivity contribution in [3.8, 4) is 11.5 Å². The lowest BCUT2D eigenvalue weighted by molar-refractivity contribution is 0.198. The average molecular weight is 236 g/mol. The second-order valence-electron chi connectivity index (χ2n) is 4.18. The Balaban J connectivity index is 2.82. The molecule has 0 amide bonds. The molecule has 0 radical (unpaired) electrons. The molecule has 1 aromatic carbocycles. The predicted octanol–water partition coefficient (Wildman–Crippen LogP) is 3.09. The maximum atomic E-state index is 9.48. The van der Waals surface area contributed by atoms with Crippen LogP contribution in [0, 0.1) is 0 Å². The van der Waals surface area contributed by atoms with Crippen LogP contribution in [0.2, 0.25) is 0 Å². The predicted molar refractivity (Wildman–Crippen MR) is 68.6 cm³/mol. The van der Waals surface area contributed by atoms with Crippen molar-refractivity contribution in [2.75, 3.05) is 13.7 Å². The molecule has 0 bridgehead atoms. The Labute approximate surface area is 103 Å². The summed E-state index contributed by atoms with van der Waals surface area (Å²) in [4.78, 5) is 0. The molecule has 0 unspecified atom stereocenters. The molecule has 1 atom stereocenters. The molecule has 0 aromatic heterocycles. The highest BCUT2D eigenvalue weighted by Crippen LogP contribution is 2.30. The van der Waals surface area contributed by atoms with Gasteiger partial charge in [0.1, 0.15) is 6.61 Å². The quantitative estimate of drug-likeness (QED) is 0.798. The molecule has 1 aromatic rings. The number of hydrogen-bond donors (Lipinski definition) is 1. The Morgan fingerprint density at radius 1 is 1.35 bits per heavy atom. The zero-order chi connectivity index (χ0) is 12.8. The first-order valence-corrected chi connectivity index (χ1v) is 5.66. The summed E-state index contributed by atoms with van der Waals surface area (Å²) in [5, 5.41) is 9.48. The molecule has 1 N–H and O–H groups in total. The molecule has 0 saturated carbocycles. The second kappa shape index (κ2) is 6.30. The van der Waals surface area contributed by atoms with Gasteiger partial charge in [-0.1, -0.05) is 11.6 Å². The second-order valence-corrected chi connectivity index (χ2v) is 4.18. The van der Waals surface area contributed by atoms with E-state index >= 15 is 0 Å². The van der Waals surface area contributed by atoms with E-state index in [1.54, 1.807) is 20.1 Å². The van der Waals surface area contributed by atoms with Crippen molar-refractivity contribution in [3.05, 3.63) is 35.4 Å². The normalized spacial score (nSPS) is 11.8. The summed E-state index contributed by atoms with van der Waals surface area (Å²) >= 11 is 0. The number of hydrogen-bond acceptors (Lipinski definition) is 3. The molecule has 0 heterocycles. The van der Waals surface area contributed by atoms with E-state index in [9.17, 15) is 5.11 Å². The molecule has 0 saturated heterocycles. The van der Waals surface area contributed by atoms with Crippen molar-refractivity contribution in [2.24, 2.45) is 0 Å². The van der Waals surface area contributed by atoms with Crippen LogP contribution in [-0.4, -0.2) is 18.8 Å². The third-order valence-electron chi connectivity index (χ3n) is 2.40. The molecule has 0 aliphatic rings. The fourth-order valence-corrected chi connectivity index (χ4v) is 1.36. The van der Waals surface area contributed by atoms with Crippen LogP contribution in [0.4, 0.5) is 0 Å². The van der Waals surface area contributed by atoms with Crippen LogP contribution in [-0.2, 0) is 0 Å². The van der Waals surface area contributed by atoms with Gasteiger partial charge in [0, 0.05) is 0 Å². The van der Waals surface area contributed by atoms with Gasteiger partial charge < -0.3 is 14.6 Å². The molecular formula is C14H20O3. The smallest absolute Gasteiger partial charge is 0.161 e. The van der Waals surface area contributed by atoms with E-state index in [1.165, 1.54) is 5.57 Å². The summed E-state index contributed by atoms with van der Waals surface area (Å²) in [6.45, 7) is 6.29. The Morgan fingerprint density at radius 3 is 2.59 bits per heavy atom. The zero-order valence-corrected chi connectivity index (χ0v) is 10.9. The summed E-state index contributed by atoms with van der Waals surface area (Å²) in [6.07, 6.45) is 1.50. The Kier molecular flexibility index (Phi) is 5.04. The van der Waals surface area contributed by atoms with Gasteiger partial charge >= 0.3 is 0 Å². The van der Waals surface area contributed by atoms with Gasteiger partial charge in [-0.25, -0.2) is 0 Å². The van der Waals surface area contributed by atoms with Crippen LogP contribution in [0.5, 0.6) is 11.5 Å². The van der Waals surface area contributed by atoms with Crippen molar-refractivity contribution < 1.29 is 14.6 Å². The number of benzene rings is 1. The van der Waals surface area contributed by atoms with Crippen molar-refractivity contribution in [1.29, 1.82) is 0 Å². The minimum atomic E-state index is -0.504. The van der Waals surface area contributed by atoms with Crippen molar-refractivity contribution in [2.45, 2.75) is 26.9 Å². The minimum Gasteiger partial charge on any atom is -0.493 e. The molecule has 0 aliphatic carbocycles. The third-order valence-corrected chi connectivity index (χ3v) is 2.40. The van der Waals surface area contributed by atoms with Gasteiger partial charge in [-0.3, -0.25) is 0 Å². The van der Waals surface area contributed by atoms with Gasteiger partial charge in [-0.15, -0.1) is 0 Å². The molecule has 94 valence electrons. The van der Waals surface area contributed by atoms with Crippen LogP contribution >= 0.6 is 0 Å². The summed E-state index contributed by atoms with van der Waals surface area (Å²) in [6, 6.07) is 5.45. The highest BCUT2D eigenvalue weighted by Gasteiger charge is 2.08. The fraction of sp³-hybridized carbons (Fsp3) is 0.429. The molecule has 0 aliphatic heterocycles. The topological polar surface area (TPSA) is 38.7 Å². The summed E-state index contributed by atoms with van der Waals surface area (Å²) in [5.41, 5.74) is 2.03. The van der Waals surface area contributed by atoms with Gasteiger partial charge in [-0.05, 0) is 44.5 Å². The molecule has 3 heteroatoms. The van der Waals surface area contributed by atoms with Gasteiger partial charge in [0.05, 0.1) is 13.2 Å². The van der Waals surface area contributed by atoms with Crippen molar-refractivity contribution >= 4 is 0 Å². The Bertz CT molecular complexity index is 390. The molecular weight excluding hydrogens is 216 g/mol. The first-order chi connectivity index (χ1) is 8.04. The number of aliphatic hydroxyl groups is 1. The lowest BCUT2D eigenvalue weighted by atomic mass is 10.1. The van der Waals surface area contributed by atoms with Crippen molar-refractivity contribution in [3.63, 3.8) is 0 Å². The molecule has 17 heavy (non-hydrogen) atoms.